The van der Waals surface area contributed by atoms with Gasteiger partial charge in [-0.25, -0.2) is 9.18 Å². The zero-order valence-corrected chi connectivity index (χ0v) is 14.9. The Morgan fingerprint density at radius 2 is 1.82 bits per heavy atom. The highest BCUT2D eigenvalue weighted by Crippen LogP contribution is 2.27. The number of carbonyl (C=O) groups is 2. The minimum Gasteiger partial charge on any atom is -0.334 e. The maximum absolute atomic E-state index is 13.8. The predicted octanol–water partition coefficient (Wildman–Crippen LogP) is 3.03. The first-order valence-corrected chi connectivity index (χ1v) is 8.80. The molecule has 4 rings (SSSR count). The summed E-state index contributed by atoms with van der Waals surface area (Å²) in [6.45, 7) is 1.07. The predicted molar refractivity (Wildman–Crippen MR) is 101 cm³/mol. The van der Waals surface area contributed by atoms with Gasteiger partial charge in [0.25, 0.3) is 5.91 Å². The number of hydrogen-bond donors (Lipinski definition) is 3. The number of nitrogens with zero attached hydrogens (tertiary/aromatic N) is 2. The van der Waals surface area contributed by atoms with Gasteiger partial charge >= 0.3 is 6.03 Å². The molecule has 7 nitrogen and oxygen atoms in total. The Morgan fingerprint density at radius 1 is 1.07 bits per heavy atom. The van der Waals surface area contributed by atoms with Crippen LogP contribution in [0.3, 0.4) is 0 Å². The summed E-state index contributed by atoms with van der Waals surface area (Å²) < 4.78 is 13.8. The molecule has 0 bridgehead atoms. The normalized spacial score (nSPS) is 12.5. The van der Waals surface area contributed by atoms with Crippen LogP contribution in [0, 0.1) is 5.82 Å². The maximum Gasteiger partial charge on any atom is 0.318 e. The van der Waals surface area contributed by atoms with Crippen LogP contribution in [0.4, 0.5) is 15.0 Å². The second-order valence-electron chi connectivity index (χ2n) is 6.46. The average molecular weight is 379 g/mol. The summed E-state index contributed by atoms with van der Waals surface area (Å²) in [4.78, 5) is 26.3. The lowest BCUT2D eigenvalue weighted by Crippen LogP contribution is -2.36. The van der Waals surface area contributed by atoms with Gasteiger partial charge < -0.3 is 15.5 Å². The van der Waals surface area contributed by atoms with Gasteiger partial charge in [-0.05, 0) is 17.7 Å². The number of H-pyrrole nitrogens is 1. The van der Waals surface area contributed by atoms with E-state index in [1.54, 1.807) is 11.0 Å². The molecule has 3 amide bonds. The highest BCUT2D eigenvalue weighted by Gasteiger charge is 2.29. The van der Waals surface area contributed by atoms with Crippen LogP contribution >= 0.6 is 0 Å². The number of urea groups is 1. The number of amides is 3. The number of rotatable bonds is 4. The van der Waals surface area contributed by atoms with Crippen LogP contribution in [-0.2, 0) is 19.6 Å². The van der Waals surface area contributed by atoms with Crippen molar-refractivity contribution >= 4 is 17.8 Å². The molecule has 2 aromatic carbocycles. The van der Waals surface area contributed by atoms with Crippen molar-refractivity contribution in [3.63, 3.8) is 0 Å². The van der Waals surface area contributed by atoms with E-state index in [9.17, 15) is 14.0 Å². The molecule has 8 heteroatoms. The highest BCUT2D eigenvalue weighted by molar-refractivity contribution is 6.04. The monoisotopic (exact) mass is 379 g/mol. The number of carbonyl (C=O) groups excluding carboxylic acids is 2. The summed E-state index contributed by atoms with van der Waals surface area (Å²) in [5.41, 5.74) is 2.35. The molecule has 2 heterocycles. The Balaban J connectivity index is 1.39. The van der Waals surface area contributed by atoms with Gasteiger partial charge in [0, 0.05) is 12.1 Å². The molecule has 0 saturated heterocycles. The molecule has 0 fully saturated rings. The van der Waals surface area contributed by atoms with Gasteiger partial charge in [0.1, 0.15) is 11.6 Å². The molecule has 1 aromatic heterocycles. The second-order valence-corrected chi connectivity index (χ2v) is 6.46. The van der Waals surface area contributed by atoms with Crippen LogP contribution in [0.5, 0.6) is 0 Å². The third-order valence-corrected chi connectivity index (χ3v) is 4.57. The van der Waals surface area contributed by atoms with Gasteiger partial charge in [-0.2, -0.15) is 5.10 Å². The topological polar surface area (TPSA) is 90.1 Å². The van der Waals surface area contributed by atoms with E-state index in [1.165, 1.54) is 18.2 Å². The Kier molecular flexibility index (Phi) is 4.76. The van der Waals surface area contributed by atoms with Gasteiger partial charge in [0.05, 0.1) is 24.3 Å². The van der Waals surface area contributed by atoms with E-state index in [4.69, 9.17) is 0 Å². The number of aromatic nitrogens is 2. The van der Waals surface area contributed by atoms with Crippen molar-refractivity contribution in [1.82, 2.24) is 20.4 Å². The van der Waals surface area contributed by atoms with E-state index in [0.29, 0.717) is 31.1 Å². The fourth-order valence-electron chi connectivity index (χ4n) is 3.09. The van der Waals surface area contributed by atoms with Crippen LogP contribution in [-0.4, -0.2) is 27.0 Å². The molecule has 28 heavy (non-hydrogen) atoms. The van der Waals surface area contributed by atoms with Crippen molar-refractivity contribution in [2.24, 2.45) is 0 Å². The molecule has 3 aromatic rings. The largest absolute Gasteiger partial charge is 0.334 e. The lowest BCUT2D eigenvalue weighted by molar-refractivity contribution is 0.102. The van der Waals surface area contributed by atoms with Gasteiger partial charge in [0.15, 0.2) is 0 Å². The van der Waals surface area contributed by atoms with Crippen LogP contribution < -0.4 is 10.6 Å². The Morgan fingerprint density at radius 3 is 2.61 bits per heavy atom. The minimum atomic E-state index is -0.599. The number of hydrogen-bond acceptors (Lipinski definition) is 3. The molecule has 0 radical (unpaired) electrons. The van der Waals surface area contributed by atoms with Gasteiger partial charge in [-0.15, -0.1) is 0 Å². The standard InChI is InChI=1S/C20H18FN5O2/c21-16-9-5-4-8-14(16)19(27)23-18-15-11-26(12-17(15)24-25-18)20(28)22-10-13-6-2-1-3-7-13/h1-9H,10-12H2,(H,22,28)(H2,23,24,25,27). The zero-order chi connectivity index (χ0) is 19.5. The summed E-state index contributed by atoms with van der Waals surface area (Å²) in [6.07, 6.45) is 0. The van der Waals surface area contributed by atoms with E-state index in [-0.39, 0.29) is 11.6 Å². The number of halogens is 1. The van der Waals surface area contributed by atoms with Crippen LogP contribution in [0.25, 0.3) is 0 Å². The van der Waals surface area contributed by atoms with Crippen molar-refractivity contribution < 1.29 is 14.0 Å². The number of anilines is 1. The minimum absolute atomic E-state index is 0.0543. The average Bonchev–Trinajstić information content (AvgIpc) is 3.29. The molecular formula is C20H18FN5O2. The highest BCUT2D eigenvalue weighted by atomic mass is 19.1. The first-order chi connectivity index (χ1) is 13.6. The van der Waals surface area contributed by atoms with Crippen molar-refractivity contribution in [3.8, 4) is 0 Å². The van der Waals surface area contributed by atoms with Gasteiger partial charge in [-0.3, -0.25) is 9.89 Å². The first kappa shape index (κ1) is 17.7. The quantitative estimate of drug-likeness (QED) is 0.651. The second kappa shape index (κ2) is 7.51. The summed E-state index contributed by atoms with van der Waals surface area (Å²) >= 11 is 0. The molecule has 1 aliphatic rings. The first-order valence-electron chi connectivity index (χ1n) is 8.80. The molecule has 0 aliphatic carbocycles. The lowest BCUT2D eigenvalue weighted by atomic mass is 10.2. The third kappa shape index (κ3) is 3.57. The van der Waals surface area contributed by atoms with Crippen molar-refractivity contribution in [1.29, 1.82) is 0 Å². The number of fused-ring (bicyclic) bond motifs is 1. The van der Waals surface area contributed by atoms with Crippen LogP contribution in [0.2, 0.25) is 0 Å². The molecule has 0 saturated carbocycles. The van der Waals surface area contributed by atoms with E-state index < -0.39 is 11.7 Å². The van der Waals surface area contributed by atoms with Crippen LogP contribution in [0.15, 0.2) is 54.6 Å². The van der Waals surface area contributed by atoms with E-state index >= 15 is 0 Å². The summed E-state index contributed by atoms with van der Waals surface area (Å²) in [5.74, 6) is -0.795. The Labute approximate surface area is 160 Å². The van der Waals surface area contributed by atoms with E-state index in [0.717, 1.165) is 11.1 Å². The SMILES string of the molecule is O=C(Nc1[nH]nc2c1CN(C(=O)NCc1ccccc1)C2)c1ccccc1F. The molecule has 1 aliphatic heterocycles. The van der Waals surface area contributed by atoms with Crippen molar-refractivity contribution in [3.05, 3.63) is 82.8 Å². The number of benzene rings is 2. The fraction of sp³-hybridized carbons (Fsp3) is 0.150. The number of aromatic amines is 1. The third-order valence-electron chi connectivity index (χ3n) is 4.57. The Bertz CT molecular complexity index is 1020. The smallest absolute Gasteiger partial charge is 0.318 e. The zero-order valence-electron chi connectivity index (χ0n) is 14.9. The summed E-state index contributed by atoms with van der Waals surface area (Å²) in [5, 5.41) is 12.4. The fourth-order valence-corrected chi connectivity index (χ4v) is 3.09. The van der Waals surface area contributed by atoms with Crippen molar-refractivity contribution in [2.45, 2.75) is 19.6 Å². The molecule has 3 N–H and O–H groups in total. The molecule has 0 spiro atoms. The summed E-state index contributed by atoms with van der Waals surface area (Å²) in [7, 11) is 0. The Hall–Kier alpha value is -3.68. The number of nitrogens with one attached hydrogen (secondary N) is 3. The molecule has 142 valence electrons. The lowest BCUT2D eigenvalue weighted by Gasteiger charge is -2.17. The van der Waals surface area contributed by atoms with Gasteiger partial charge in [0.2, 0.25) is 0 Å². The van der Waals surface area contributed by atoms with Crippen molar-refractivity contribution in [2.75, 3.05) is 5.32 Å². The van der Waals surface area contributed by atoms with E-state index in [2.05, 4.69) is 20.8 Å². The molecule has 0 unspecified atom stereocenters. The van der Waals surface area contributed by atoms with Crippen LogP contribution in [0.1, 0.15) is 27.2 Å². The maximum atomic E-state index is 13.8. The molecule has 0 atom stereocenters. The van der Waals surface area contributed by atoms with Gasteiger partial charge in [-0.1, -0.05) is 42.5 Å². The summed E-state index contributed by atoms with van der Waals surface area (Å²) in [6, 6.07) is 15.2. The van der Waals surface area contributed by atoms with E-state index in [1.807, 2.05) is 30.3 Å². The molecular weight excluding hydrogens is 361 g/mol.